The van der Waals surface area contributed by atoms with E-state index in [-0.39, 0.29) is 6.42 Å². The number of carbonyl (C=O) groups excluding carboxylic acids is 1. The molecule has 0 saturated heterocycles. The Hall–Kier alpha value is -1.40. The number of rotatable bonds is 5. The number of carboxylic acids is 1. The number of alkyl halides is 2. The van der Waals surface area contributed by atoms with Gasteiger partial charge in [-0.1, -0.05) is 0 Å². The van der Waals surface area contributed by atoms with Crippen molar-refractivity contribution in [2.24, 2.45) is 0 Å². The molecule has 0 bridgehead atoms. The average Bonchev–Trinajstić information content (AvgIpc) is 1.96. The lowest BCUT2D eigenvalue weighted by Crippen LogP contribution is -2.50. The van der Waals surface area contributed by atoms with Crippen LogP contribution in [0.15, 0.2) is 0 Å². The summed E-state index contributed by atoms with van der Waals surface area (Å²) in [6.45, 7) is 2.22. The first-order valence-electron chi connectivity index (χ1n) is 4.29. The van der Waals surface area contributed by atoms with Crippen LogP contribution in [0.3, 0.4) is 0 Å². The van der Waals surface area contributed by atoms with Gasteiger partial charge in [-0.25, -0.2) is 13.6 Å². The predicted octanol–water partition coefficient (Wildman–Crippen LogP) is 0.804. The Morgan fingerprint density at radius 3 is 2.33 bits per heavy atom. The second-order valence-corrected chi connectivity index (χ2v) is 3.68. The second-order valence-electron chi connectivity index (χ2n) is 3.68. The summed E-state index contributed by atoms with van der Waals surface area (Å²) in [6.07, 6.45) is -2.91. The number of nitrogens with one attached hydrogen (secondary N) is 2. The molecule has 0 saturated carbocycles. The summed E-state index contributed by atoms with van der Waals surface area (Å²) in [5.74, 6) is -1.07. The van der Waals surface area contributed by atoms with Crippen molar-refractivity contribution in [3.63, 3.8) is 0 Å². The first-order chi connectivity index (χ1) is 6.73. The van der Waals surface area contributed by atoms with Crippen LogP contribution in [0.1, 0.15) is 20.3 Å². The molecule has 0 atom stereocenters. The first-order valence-corrected chi connectivity index (χ1v) is 4.29. The van der Waals surface area contributed by atoms with E-state index in [4.69, 9.17) is 5.11 Å². The van der Waals surface area contributed by atoms with Crippen molar-refractivity contribution in [1.82, 2.24) is 10.6 Å². The number of halogens is 2. The number of amides is 2. The standard InChI is InChI=1S/C8H14F2N2O3/c1-8(2,3-6(13)14)12-7(15)11-4-5(9)10/h5H,3-4H2,1-2H3,(H,13,14)(H2,11,12,15). The Morgan fingerprint density at radius 2 is 1.93 bits per heavy atom. The molecule has 0 radical (unpaired) electrons. The quantitative estimate of drug-likeness (QED) is 0.646. The maximum absolute atomic E-state index is 11.7. The second kappa shape index (κ2) is 5.47. The lowest BCUT2D eigenvalue weighted by atomic mass is 10.0. The number of hydrogen-bond acceptors (Lipinski definition) is 2. The van der Waals surface area contributed by atoms with Gasteiger partial charge in [-0.05, 0) is 13.8 Å². The zero-order chi connectivity index (χ0) is 12.1. The maximum Gasteiger partial charge on any atom is 0.315 e. The van der Waals surface area contributed by atoms with E-state index in [2.05, 4.69) is 5.32 Å². The van der Waals surface area contributed by atoms with Gasteiger partial charge in [0.2, 0.25) is 0 Å². The molecule has 0 aromatic rings. The van der Waals surface area contributed by atoms with Gasteiger partial charge in [-0.2, -0.15) is 0 Å². The van der Waals surface area contributed by atoms with Crippen LogP contribution in [0.25, 0.3) is 0 Å². The molecule has 15 heavy (non-hydrogen) atoms. The number of aliphatic carboxylic acids is 1. The minimum absolute atomic E-state index is 0.283. The van der Waals surface area contributed by atoms with Gasteiger partial charge in [0, 0.05) is 5.54 Å². The van der Waals surface area contributed by atoms with Gasteiger partial charge < -0.3 is 15.7 Å². The van der Waals surface area contributed by atoms with E-state index in [9.17, 15) is 18.4 Å². The minimum atomic E-state index is -2.63. The van der Waals surface area contributed by atoms with Crippen LogP contribution in [0.2, 0.25) is 0 Å². The Morgan fingerprint density at radius 1 is 1.40 bits per heavy atom. The van der Waals surface area contributed by atoms with Crippen molar-refractivity contribution < 1.29 is 23.5 Å². The number of urea groups is 1. The summed E-state index contributed by atoms with van der Waals surface area (Å²) in [7, 11) is 0. The molecule has 0 fully saturated rings. The molecule has 0 spiro atoms. The summed E-state index contributed by atoms with van der Waals surface area (Å²) in [4.78, 5) is 21.4. The van der Waals surface area contributed by atoms with Gasteiger partial charge in [0.25, 0.3) is 6.43 Å². The van der Waals surface area contributed by atoms with Crippen LogP contribution in [0.4, 0.5) is 13.6 Å². The minimum Gasteiger partial charge on any atom is -0.481 e. The first kappa shape index (κ1) is 13.6. The smallest absolute Gasteiger partial charge is 0.315 e. The normalized spacial score (nSPS) is 11.3. The highest BCUT2D eigenvalue weighted by Gasteiger charge is 2.23. The summed E-state index contributed by atoms with van der Waals surface area (Å²) >= 11 is 0. The highest BCUT2D eigenvalue weighted by molar-refractivity contribution is 5.76. The van der Waals surface area contributed by atoms with Gasteiger partial charge in [-0.3, -0.25) is 4.79 Å². The molecule has 0 aromatic carbocycles. The lowest BCUT2D eigenvalue weighted by molar-refractivity contribution is -0.138. The van der Waals surface area contributed by atoms with Crippen LogP contribution in [-0.2, 0) is 4.79 Å². The third-order valence-corrected chi connectivity index (χ3v) is 1.46. The fraction of sp³-hybridized carbons (Fsp3) is 0.750. The predicted molar refractivity (Wildman–Crippen MR) is 48.9 cm³/mol. The largest absolute Gasteiger partial charge is 0.481 e. The van der Waals surface area contributed by atoms with Crippen molar-refractivity contribution in [2.45, 2.75) is 32.2 Å². The Labute approximate surface area is 85.8 Å². The molecule has 0 aliphatic rings. The monoisotopic (exact) mass is 224 g/mol. The van der Waals surface area contributed by atoms with Gasteiger partial charge in [0.15, 0.2) is 0 Å². The molecule has 2 amide bonds. The number of carboxylic acid groups (broad SMARTS) is 1. The van der Waals surface area contributed by atoms with Gasteiger partial charge in [0.05, 0.1) is 13.0 Å². The summed E-state index contributed by atoms with van der Waals surface area (Å²) in [5.41, 5.74) is -0.974. The van der Waals surface area contributed by atoms with E-state index in [1.807, 2.05) is 5.32 Å². The van der Waals surface area contributed by atoms with Gasteiger partial charge in [-0.15, -0.1) is 0 Å². The Bertz CT molecular complexity index is 244. The van der Waals surface area contributed by atoms with E-state index in [1.54, 1.807) is 0 Å². The van der Waals surface area contributed by atoms with Crippen LogP contribution >= 0.6 is 0 Å². The topological polar surface area (TPSA) is 78.4 Å². The summed E-state index contributed by atoms with van der Waals surface area (Å²) in [6, 6.07) is -0.804. The molecule has 3 N–H and O–H groups in total. The number of hydrogen-bond donors (Lipinski definition) is 3. The highest BCUT2D eigenvalue weighted by Crippen LogP contribution is 2.07. The maximum atomic E-state index is 11.7. The van der Waals surface area contributed by atoms with E-state index in [1.165, 1.54) is 13.8 Å². The zero-order valence-corrected chi connectivity index (χ0v) is 8.51. The molecule has 0 unspecified atom stereocenters. The molecule has 88 valence electrons. The summed E-state index contributed by atoms with van der Waals surface area (Å²) < 4.78 is 23.4. The van der Waals surface area contributed by atoms with Crippen molar-refractivity contribution in [1.29, 1.82) is 0 Å². The van der Waals surface area contributed by atoms with Gasteiger partial charge in [0.1, 0.15) is 0 Å². The SMILES string of the molecule is CC(C)(CC(=O)O)NC(=O)NCC(F)F. The Kier molecular flexibility index (Phi) is 4.96. The van der Waals surface area contributed by atoms with E-state index in [0.29, 0.717) is 0 Å². The van der Waals surface area contributed by atoms with Crippen molar-refractivity contribution in [3.05, 3.63) is 0 Å². The fourth-order valence-electron chi connectivity index (χ4n) is 0.944. The van der Waals surface area contributed by atoms with E-state index >= 15 is 0 Å². The highest BCUT2D eigenvalue weighted by atomic mass is 19.3. The zero-order valence-electron chi connectivity index (χ0n) is 8.51. The molecular formula is C8H14F2N2O3. The van der Waals surface area contributed by atoms with Crippen LogP contribution in [0.5, 0.6) is 0 Å². The third-order valence-electron chi connectivity index (χ3n) is 1.46. The van der Waals surface area contributed by atoms with E-state index in [0.717, 1.165) is 0 Å². The molecule has 0 aromatic heterocycles. The van der Waals surface area contributed by atoms with E-state index < -0.39 is 30.5 Å². The van der Waals surface area contributed by atoms with Crippen LogP contribution in [0, 0.1) is 0 Å². The molecular weight excluding hydrogens is 210 g/mol. The third kappa shape index (κ3) is 7.65. The average molecular weight is 224 g/mol. The van der Waals surface area contributed by atoms with Crippen molar-refractivity contribution in [3.8, 4) is 0 Å². The molecule has 7 heteroatoms. The molecule has 0 rings (SSSR count). The summed E-state index contributed by atoms with van der Waals surface area (Å²) in [5, 5.41) is 12.7. The lowest BCUT2D eigenvalue weighted by Gasteiger charge is -2.24. The molecule has 0 aliphatic carbocycles. The van der Waals surface area contributed by atoms with Crippen molar-refractivity contribution >= 4 is 12.0 Å². The molecule has 0 aliphatic heterocycles. The number of carbonyl (C=O) groups is 2. The molecule has 5 nitrogen and oxygen atoms in total. The van der Waals surface area contributed by atoms with Crippen molar-refractivity contribution in [2.75, 3.05) is 6.54 Å². The van der Waals surface area contributed by atoms with Gasteiger partial charge >= 0.3 is 12.0 Å². The molecule has 0 heterocycles. The van der Waals surface area contributed by atoms with Crippen LogP contribution in [-0.4, -0.2) is 35.6 Å². The Balaban J connectivity index is 3.98. The fourth-order valence-corrected chi connectivity index (χ4v) is 0.944. The van der Waals surface area contributed by atoms with Crippen LogP contribution < -0.4 is 10.6 Å².